The summed E-state index contributed by atoms with van der Waals surface area (Å²) in [7, 11) is 0. The SMILES string of the molecule is C=C/C=C\C(=C/C)c1ccc(-n2c3ccccc3c3c(-c4ccc(Cl)cc4)cccc32)cc1. The Labute approximate surface area is 199 Å². The summed E-state index contributed by atoms with van der Waals surface area (Å²) in [5, 5.41) is 3.24. The van der Waals surface area contributed by atoms with Crippen molar-refractivity contribution in [3.63, 3.8) is 0 Å². The van der Waals surface area contributed by atoms with E-state index in [2.05, 4.69) is 109 Å². The van der Waals surface area contributed by atoms with Crippen LogP contribution in [0, 0.1) is 0 Å². The molecule has 0 saturated carbocycles. The highest BCUT2D eigenvalue weighted by Gasteiger charge is 2.15. The summed E-state index contributed by atoms with van der Waals surface area (Å²) in [6, 6.07) is 32.0. The van der Waals surface area contributed by atoms with Crippen molar-refractivity contribution in [3.8, 4) is 16.8 Å². The van der Waals surface area contributed by atoms with Crippen molar-refractivity contribution in [2.45, 2.75) is 6.92 Å². The van der Waals surface area contributed by atoms with Crippen LogP contribution in [0.3, 0.4) is 0 Å². The minimum absolute atomic E-state index is 0.747. The fourth-order valence-corrected chi connectivity index (χ4v) is 4.63. The van der Waals surface area contributed by atoms with Crippen LogP contribution in [0.2, 0.25) is 5.02 Å². The van der Waals surface area contributed by atoms with E-state index < -0.39 is 0 Å². The number of fused-ring (bicyclic) bond motifs is 3. The molecular formula is C31H24ClN. The van der Waals surface area contributed by atoms with Gasteiger partial charge in [-0.15, -0.1) is 0 Å². The molecule has 0 atom stereocenters. The van der Waals surface area contributed by atoms with Crippen LogP contribution < -0.4 is 0 Å². The molecular weight excluding hydrogens is 422 g/mol. The predicted octanol–water partition coefficient (Wildman–Crippen LogP) is 9.25. The van der Waals surface area contributed by atoms with E-state index in [9.17, 15) is 0 Å². The third kappa shape index (κ3) is 3.82. The molecule has 4 aromatic carbocycles. The standard InChI is InChI=1S/C31H24ClN/c1-3-5-9-22(4-2)23-16-20-26(21-17-23)33-29-12-7-6-10-28(29)31-27(11-8-13-30(31)33)24-14-18-25(32)19-15-24/h3-21H,1H2,2H3/b9-5-,22-4+. The number of hydrogen-bond donors (Lipinski definition) is 0. The van der Waals surface area contributed by atoms with Gasteiger partial charge in [0.1, 0.15) is 0 Å². The highest BCUT2D eigenvalue weighted by atomic mass is 35.5. The maximum atomic E-state index is 6.15. The zero-order chi connectivity index (χ0) is 22.8. The molecule has 0 N–H and O–H groups in total. The molecule has 0 aliphatic rings. The summed E-state index contributed by atoms with van der Waals surface area (Å²) < 4.78 is 2.35. The first-order valence-electron chi connectivity index (χ1n) is 11.1. The fraction of sp³-hybridized carbons (Fsp3) is 0.0323. The molecule has 0 bridgehead atoms. The van der Waals surface area contributed by atoms with Gasteiger partial charge in [-0.2, -0.15) is 0 Å². The second kappa shape index (κ2) is 8.97. The topological polar surface area (TPSA) is 4.93 Å². The molecule has 0 saturated heterocycles. The minimum atomic E-state index is 0.747. The molecule has 0 fully saturated rings. The molecule has 2 heteroatoms. The van der Waals surface area contributed by atoms with Gasteiger partial charge in [-0.3, -0.25) is 0 Å². The van der Waals surface area contributed by atoms with Crippen LogP contribution in [0.1, 0.15) is 12.5 Å². The van der Waals surface area contributed by atoms with Crippen LogP contribution in [-0.4, -0.2) is 4.57 Å². The highest BCUT2D eigenvalue weighted by molar-refractivity contribution is 6.30. The first-order chi connectivity index (χ1) is 16.2. The van der Waals surface area contributed by atoms with Gasteiger partial charge in [0.25, 0.3) is 0 Å². The molecule has 0 unspecified atom stereocenters. The second-order valence-corrected chi connectivity index (χ2v) is 8.38. The number of hydrogen-bond acceptors (Lipinski definition) is 0. The van der Waals surface area contributed by atoms with E-state index in [-0.39, 0.29) is 0 Å². The molecule has 160 valence electrons. The van der Waals surface area contributed by atoms with Crippen molar-refractivity contribution in [3.05, 3.63) is 132 Å². The van der Waals surface area contributed by atoms with Gasteiger partial charge in [-0.1, -0.05) is 97.1 Å². The van der Waals surface area contributed by atoms with E-state index in [1.807, 2.05) is 18.2 Å². The minimum Gasteiger partial charge on any atom is -0.309 e. The Morgan fingerprint density at radius 2 is 1.55 bits per heavy atom. The molecule has 5 aromatic rings. The molecule has 0 spiro atoms. The number of allylic oxidation sites excluding steroid dienone is 5. The largest absolute Gasteiger partial charge is 0.309 e. The summed E-state index contributed by atoms with van der Waals surface area (Å²) in [5.41, 5.74) is 8.25. The lowest BCUT2D eigenvalue weighted by molar-refractivity contribution is 1.18. The Balaban J connectivity index is 1.72. The number of para-hydroxylation sites is 1. The molecule has 1 aromatic heterocycles. The van der Waals surface area contributed by atoms with E-state index in [1.54, 1.807) is 6.08 Å². The van der Waals surface area contributed by atoms with E-state index in [0.29, 0.717) is 0 Å². The van der Waals surface area contributed by atoms with Gasteiger partial charge in [-0.05, 0) is 65.6 Å². The van der Waals surface area contributed by atoms with Gasteiger partial charge < -0.3 is 4.57 Å². The normalized spacial score (nSPS) is 12.1. The van der Waals surface area contributed by atoms with E-state index in [4.69, 9.17) is 11.6 Å². The Morgan fingerprint density at radius 3 is 2.27 bits per heavy atom. The van der Waals surface area contributed by atoms with Crippen molar-refractivity contribution >= 4 is 39.0 Å². The summed E-state index contributed by atoms with van der Waals surface area (Å²) in [4.78, 5) is 0. The van der Waals surface area contributed by atoms with Crippen molar-refractivity contribution in [1.29, 1.82) is 0 Å². The molecule has 1 heterocycles. The molecule has 33 heavy (non-hydrogen) atoms. The van der Waals surface area contributed by atoms with E-state index in [1.165, 1.54) is 38.5 Å². The lowest BCUT2D eigenvalue weighted by atomic mass is 9.99. The van der Waals surface area contributed by atoms with Crippen LogP contribution in [0.15, 0.2) is 122 Å². The van der Waals surface area contributed by atoms with Crippen molar-refractivity contribution in [2.75, 3.05) is 0 Å². The second-order valence-electron chi connectivity index (χ2n) is 7.94. The van der Waals surface area contributed by atoms with Crippen molar-refractivity contribution in [2.24, 2.45) is 0 Å². The van der Waals surface area contributed by atoms with Gasteiger partial charge in [0.2, 0.25) is 0 Å². The smallest absolute Gasteiger partial charge is 0.0547 e. The first-order valence-corrected chi connectivity index (χ1v) is 11.4. The van der Waals surface area contributed by atoms with E-state index >= 15 is 0 Å². The quantitative estimate of drug-likeness (QED) is 0.237. The Hall–Kier alpha value is -3.81. The van der Waals surface area contributed by atoms with Gasteiger partial charge in [0.05, 0.1) is 11.0 Å². The van der Waals surface area contributed by atoms with Crippen LogP contribution in [-0.2, 0) is 0 Å². The van der Waals surface area contributed by atoms with Crippen molar-refractivity contribution in [1.82, 2.24) is 4.57 Å². The Morgan fingerprint density at radius 1 is 0.818 bits per heavy atom. The number of halogens is 1. The Bertz CT molecular complexity index is 1510. The van der Waals surface area contributed by atoms with Crippen LogP contribution in [0.5, 0.6) is 0 Å². The highest BCUT2D eigenvalue weighted by Crippen LogP contribution is 2.38. The average molecular weight is 446 g/mol. The average Bonchev–Trinajstić information content (AvgIpc) is 3.20. The molecule has 0 radical (unpaired) electrons. The molecule has 1 nitrogen and oxygen atoms in total. The zero-order valence-electron chi connectivity index (χ0n) is 18.5. The number of aromatic nitrogens is 1. The molecule has 0 amide bonds. The third-order valence-electron chi connectivity index (χ3n) is 6.03. The maximum absolute atomic E-state index is 6.15. The monoisotopic (exact) mass is 445 g/mol. The summed E-state index contributed by atoms with van der Waals surface area (Å²) in [6.45, 7) is 5.83. The van der Waals surface area contributed by atoms with Crippen LogP contribution in [0.4, 0.5) is 0 Å². The molecule has 0 aliphatic carbocycles. The number of benzene rings is 4. The number of rotatable bonds is 5. The van der Waals surface area contributed by atoms with Crippen molar-refractivity contribution < 1.29 is 0 Å². The van der Waals surface area contributed by atoms with Gasteiger partial charge in [-0.25, -0.2) is 0 Å². The van der Waals surface area contributed by atoms with Gasteiger partial charge in [0, 0.05) is 21.5 Å². The third-order valence-corrected chi connectivity index (χ3v) is 6.29. The fourth-order valence-electron chi connectivity index (χ4n) is 4.50. The lowest BCUT2D eigenvalue weighted by Gasteiger charge is -2.10. The summed E-state index contributed by atoms with van der Waals surface area (Å²) in [6.07, 6.45) is 7.97. The molecule has 0 aliphatic heterocycles. The summed E-state index contributed by atoms with van der Waals surface area (Å²) >= 11 is 6.15. The molecule has 5 rings (SSSR count). The van der Waals surface area contributed by atoms with Gasteiger partial charge >= 0.3 is 0 Å². The number of nitrogens with zero attached hydrogens (tertiary/aromatic N) is 1. The summed E-state index contributed by atoms with van der Waals surface area (Å²) in [5.74, 6) is 0. The maximum Gasteiger partial charge on any atom is 0.0547 e. The Kier molecular flexibility index (Phi) is 5.73. The first kappa shape index (κ1) is 21.1. The zero-order valence-corrected chi connectivity index (χ0v) is 19.3. The van der Waals surface area contributed by atoms with Crippen LogP contribution >= 0.6 is 11.6 Å². The van der Waals surface area contributed by atoms with Gasteiger partial charge in [0.15, 0.2) is 0 Å². The lowest BCUT2D eigenvalue weighted by Crippen LogP contribution is -1.94. The van der Waals surface area contributed by atoms with Crippen LogP contribution in [0.25, 0.3) is 44.2 Å². The van der Waals surface area contributed by atoms with E-state index in [0.717, 1.165) is 16.3 Å². The predicted molar refractivity (Wildman–Crippen MR) is 144 cm³/mol.